The molecule has 0 spiro atoms. The lowest BCUT2D eigenvalue weighted by atomic mass is 9.66. The topological polar surface area (TPSA) is 64.3 Å². The summed E-state index contributed by atoms with van der Waals surface area (Å²) < 4.78 is 5.42. The Labute approximate surface area is 120 Å². The van der Waals surface area contributed by atoms with Crippen LogP contribution in [0.3, 0.4) is 0 Å². The van der Waals surface area contributed by atoms with E-state index in [1.165, 1.54) is 6.42 Å². The fourth-order valence-electron chi connectivity index (χ4n) is 2.64. The second-order valence-electron chi connectivity index (χ2n) is 5.58. The lowest BCUT2D eigenvalue weighted by Crippen LogP contribution is -2.40. The third kappa shape index (κ3) is 3.58. The van der Waals surface area contributed by atoms with Crippen LogP contribution in [0.15, 0.2) is 24.3 Å². The minimum atomic E-state index is 0.0406. The Balaban J connectivity index is 1.96. The number of amides is 1. The maximum Gasteiger partial charge on any atom is 0.224 e. The summed E-state index contributed by atoms with van der Waals surface area (Å²) in [5, 5.41) is 3.00. The number of hydrogen-bond acceptors (Lipinski definition) is 3. The van der Waals surface area contributed by atoms with E-state index >= 15 is 0 Å². The fraction of sp³-hybridized carbons (Fsp3) is 0.562. The van der Waals surface area contributed by atoms with Gasteiger partial charge in [0.25, 0.3) is 0 Å². The summed E-state index contributed by atoms with van der Waals surface area (Å²) >= 11 is 0. The third-order valence-electron chi connectivity index (χ3n) is 4.14. The quantitative estimate of drug-likeness (QED) is 0.804. The van der Waals surface area contributed by atoms with Gasteiger partial charge in [0.15, 0.2) is 0 Å². The molecule has 0 aliphatic heterocycles. The molecule has 4 heteroatoms. The molecule has 0 aromatic heterocycles. The zero-order valence-electron chi connectivity index (χ0n) is 12.2. The molecule has 1 aliphatic carbocycles. The number of carbonyl (C=O) groups is 1. The summed E-state index contributed by atoms with van der Waals surface area (Å²) in [5.74, 6) is 0.0547. The Morgan fingerprint density at radius 1 is 1.40 bits per heavy atom. The van der Waals surface area contributed by atoms with Crippen LogP contribution in [0.2, 0.25) is 0 Å². The zero-order chi connectivity index (χ0) is 14.4. The van der Waals surface area contributed by atoms with Gasteiger partial charge in [-0.25, -0.2) is 0 Å². The highest BCUT2D eigenvalue weighted by Crippen LogP contribution is 2.43. The fourth-order valence-corrected chi connectivity index (χ4v) is 2.64. The standard InChI is InChI=1S/C16H24N2O2/c1-2-20-11-13-6-3-4-7-14(13)18-15(19)10-16(12-17)8-5-9-16/h3-4,6-7H,2,5,8-12,17H2,1H3,(H,18,19). The van der Waals surface area contributed by atoms with Crippen molar-refractivity contribution < 1.29 is 9.53 Å². The van der Waals surface area contributed by atoms with Crippen molar-refractivity contribution in [1.82, 2.24) is 0 Å². The normalized spacial score (nSPS) is 16.5. The Morgan fingerprint density at radius 2 is 2.15 bits per heavy atom. The number of anilines is 1. The first-order valence-corrected chi connectivity index (χ1v) is 7.35. The second kappa shape index (κ2) is 6.86. The molecule has 2 rings (SSSR count). The van der Waals surface area contributed by atoms with E-state index in [0.29, 0.717) is 26.2 Å². The van der Waals surface area contributed by atoms with Gasteiger partial charge in [-0.05, 0) is 37.8 Å². The van der Waals surface area contributed by atoms with Crippen molar-refractivity contribution in [3.63, 3.8) is 0 Å². The first-order valence-electron chi connectivity index (χ1n) is 7.35. The van der Waals surface area contributed by atoms with Crippen molar-refractivity contribution in [3.8, 4) is 0 Å². The molecule has 1 saturated carbocycles. The van der Waals surface area contributed by atoms with Crippen molar-refractivity contribution in [2.75, 3.05) is 18.5 Å². The molecular weight excluding hydrogens is 252 g/mol. The number of hydrogen-bond donors (Lipinski definition) is 2. The van der Waals surface area contributed by atoms with Crippen LogP contribution in [0.1, 0.15) is 38.2 Å². The van der Waals surface area contributed by atoms with Crippen LogP contribution in [0, 0.1) is 5.41 Å². The molecule has 1 aromatic carbocycles. The Bertz CT molecular complexity index is 450. The average Bonchev–Trinajstić information content (AvgIpc) is 2.42. The van der Waals surface area contributed by atoms with E-state index in [0.717, 1.165) is 24.1 Å². The van der Waals surface area contributed by atoms with Gasteiger partial charge in [-0.1, -0.05) is 24.6 Å². The van der Waals surface area contributed by atoms with E-state index in [-0.39, 0.29) is 11.3 Å². The summed E-state index contributed by atoms with van der Waals surface area (Å²) in [6.45, 7) is 3.75. The van der Waals surface area contributed by atoms with Gasteiger partial charge in [0.1, 0.15) is 0 Å². The van der Waals surface area contributed by atoms with Gasteiger partial charge in [-0.15, -0.1) is 0 Å². The number of para-hydroxylation sites is 1. The predicted molar refractivity (Wildman–Crippen MR) is 80.4 cm³/mol. The van der Waals surface area contributed by atoms with Gasteiger partial charge in [-0.3, -0.25) is 4.79 Å². The summed E-state index contributed by atoms with van der Waals surface area (Å²) in [5.41, 5.74) is 7.70. The van der Waals surface area contributed by atoms with Crippen LogP contribution in [0.5, 0.6) is 0 Å². The summed E-state index contributed by atoms with van der Waals surface area (Å²) in [6.07, 6.45) is 3.84. The number of rotatable bonds is 7. The van der Waals surface area contributed by atoms with Crippen molar-refractivity contribution in [3.05, 3.63) is 29.8 Å². The SMILES string of the molecule is CCOCc1ccccc1NC(=O)CC1(CN)CCC1. The highest BCUT2D eigenvalue weighted by Gasteiger charge is 2.37. The van der Waals surface area contributed by atoms with Crippen molar-refractivity contribution >= 4 is 11.6 Å². The molecule has 0 unspecified atom stereocenters. The van der Waals surface area contributed by atoms with Crippen molar-refractivity contribution in [2.45, 2.75) is 39.2 Å². The van der Waals surface area contributed by atoms with Gasteiger partial charge in [0.2, 0.25) is 5.91 Å². The van der Waals surface area contributed by atoms with Crippen molar-refractivity contribution in [2.24, 2.45) is 11.1 Å². The van der Waals surface area contributed by atoms with E-state index in [4.69, 9.17) is 10.5 Å². The van der Waals surface area contributed by atoms with Gasteiger partial charge in [0.05, 0.1) is 6.61 Å². The van der Waals surface area contributed by atoms with Gasteiger partial charge in [0, 0.05) is 24.3 Å². The van der Waals surface area contributed by atoms with E-state index < -0.39 is 0 Å². The second-order valence-corrected chi connectivity index (χ2v) is 5.58. The summed E-state index contributed by atoms with van der Waals surface area (Å²) in [4.78, 5) is 12.2. The van der Waals surface area contributed by atoms with Crippen LogP contribution in [0.25, 0.3) is 0 Å². The Hall–Kier alpha value is -1.39. The Morgan fingerprint density at radius 3 is 2.75 bits per heavy atom. The molecule has 1 aliphatic rings. The lowest BCUT2D eigenvalue weighted by molar-refractivity contribution is -0.119. The number of ether oxygens (including phenoxy) is 1. The van der Waals surface area contributed by atoms with Gasteiger partial charge < -0.3 is 15.8 Å². The molecule has 20 heavy (non-hydrogen) atoms. The average molecular weight is 276 g/mol. The third-order valence-corrected chi connectivity index (χ3v) is 4.14. The molecule has 0 atom stereocenters. The maximum absolute atomic E-state index is 12.2. The van der Waals surface area contributed by atoms with Crippen molar-refractivity contribution in [1.29, 1.82) is 0 Å². The molecule has 3 N–H and O–H groups in total. The predicted octanol–water partition coefficient (Wildman–Crippen LogP) is 2.68. The Kier molecular flexibility index (Phi) is 5.15. The van der Waals surface area contributed by atoms with E-state index in [2.05, 4.69) is 5.32 Å². The molecule has 0 heterocycles. The van der Waals surface area contributed by atoms with Crippen LogP contribution >= 0.6 is 0 Å². The first-order chi connectivity index (χ1) is 9.69. The van der Waals surface area contributed by atoms with Crippen LogP contribution in [-0.2, 0) is 16.1 Å². The van der Waals surface area contributed by atoms with Crippen LogP contribution in [0.4, 0.5) is 5.69 Å². The molecule has 0 radical (unpaired) electrons. The maximum atomic E-state index is 12.2. The molecule has 0 saturated heterocycles. The largest absolute Gasteiger partial charge is 0.377 e. The summed E-state index contributed by atoms with van der Waals surface area (Å²) in [6, 6.07) is 7.78. The number of nitrogens with one attached hydrogen (secondary N) is 1. The molecule has 4 nitrogen and oxygen atoms in total. The molecule has 110 valence electrons. The molecular formula is C16H24N2O2. The molecule has 1 aromatic rings. The highest BCUT2D eigenvalue weighted by atomic mass is 16.5. The lowest BCUT2D eigenvalue weighted by Gasteiger charge is -2.40. The number of benzene rings is 1. The number of carbonyl (C=O) groups excluding carboxylic acids is 1. The molecule has 0 bridgehead atoms. The van der Waals surface area contributed by atoms with E-state index in [9.17, 15) is 4.79 Å². The highest BCUT2D eigenvalue weighted by molar-refractivity contribution is 5.92. The van der Waals surface area contributed by atoms with Crippen LogP contribution < -0.4 is 11.1 Å². The monoisotopic (exact) mass is 276 g/mol. The first kappa shape index (κ1) is 15.0. The van der Waals surface area contributed by atoms with E-state index in [1.807, 2.05) is 31.2 Å². The molecule has 1 fully saturated rings. The number of nitrogens with two attached hydrogens (primary N) is 1. The van der Waals surface area contributed by atoms with Crippen LogP contribution in [-0.4, -0.2) is 19.1 Å². The minimum Gasteiger partial charge on any atom is -0.377 e. The summed E-state index contributed by atoms with van der Waals surface area (Å²) in [7, 11) is 0. The smallest absolute Gasteiger partial charge is 0.224 e. The minimum absolute atomic E-state index is 0.0406. The van der Waals surface area contributed by atoms with Gasteiger partial charge in [-0.2, -0.15) is 0 Å². The van der Waals surface area contributed by atoms with Gasteiger partial charge >= 0.3 is 0 Å². The molecule has 1 amide bonds. The zero-order valence-corrected chi connectivity index (χ0v) is 12.2. The van der Waals surface area contributed by atoms with E-state index in [1.54, 1.807) is 0 Å².